The zero-order valence-corrected chi connectivity index (χ0v) is 16.2. The maximum Gasteiger partial charge on any atom is 0.329 e. The lowest BCUT2D eigenvalue weighted by atomic mass is 10.1. The second kappa shape index (κ2) is 8.53. The van der Waals surface area contributed by atoms with Crippen LogP contribution in [0.2, 0.25) is 0 Å². The van der Waals surface area contributed by atoms with E-state index in [1.165, 1.54) is 4.57 Å². The minimum absolute atomic E-state index is 0.0550. The summed E-state index contributed by atoms with van der Waals surface area (Å²) in [7, 11) is 0. The second-order valence-electron chi connectivity index (χ2n) is 7.08. The van der Waals surface area contributed by atoms with Crippen molar-refractivity contribution in [3.63, 3.8) is 0 Å². The fourth-order valence-corrected chi connectivity index (χ4v) is 3.41. The van der Waals surface area contributed by atoms with Crippen LogP contribution in [-0.4, -0.2) is 63.0 Å². The van der Waals surface area contributed by atoms with E-state index in [0.717, 1.165) is 24.5 Å². The first-order valence-electron chi connectivity index (χ1n) is 9.41. The first-order valence-corrected chi connectivity index (χ1v) is 9.41. The molecule has 0 radical (unpaired) electrons. The highest BCUT2D eigenvalue weighted by molar-refractivity contribution is 6.01. The van der Waals surface area contributed by atoms with Gasteiger partial charge in [-0.15, -0.1) is 0 Å². The van der Waals surface area contributed by atoms with Crippen LogP contribution in [0.3, 0.4) is 0 Å². The smallest absolute Gasteiger partial charge is 0.329 e. The lowest BCUT2D eigenvalue weighted by Crippen LogP contribution is -2.48. The SMILES string of the molecule is CCCn1c(N)c(C(=O)CN2CCN(Cc3cc(C)on3)CC2)c(=O)[nH]c1=O. The van der Waals surface area contributed by atoms with Gasteiger partial charge in [-0.05, 0) is 13.3 Å². The summed E-state index contributed by atoms with van der Waals surface area (Å²) in [5.74, 6) is 0.358. The Bertz CT molecular complexity index is 952. The van der Waals surface area contributed by atoms with Crippen LogP contribution in [0.25, 0.3) is 0 Å². The van der Waals surface area contributed by atoms with Crippen molar-refractivity contribution >= 4 is 11.6 Å². The highest BCUT2D eigenvalue weighted by atomic mass is 16.5. The van der Waals surface area contributed by atoms with Gasteiger partial charge in [-0.25, -0.2) is 4.79 Å². The highest BCUT2D eigenvalue weighted by Crippen LogP contribution is 2.11. The van der Waals surface area contributed by atoms with E-state index in [4.69, 9.17) is 10.3 Å². The summed E-state index contributed by atoms with van der Waals surface area (Å²) < 4.78 is 6.33. The van der Waals surface area contributed by atoms with Gasteiger partial charge in [0.15, 0.2) is 5.78 Å². The molecule has 0 aromatic carbocycles. The molecule has 0 amide bonds. The largest absolute Gasteiger partial charge is 0.384 e. The van der Waals surface area contributed by atoms with E-state index >= 15 is 0 Å². The maximum absolute atomic E-state index is 12.7. The number of nitrogens with zero attached hydrogens (tertiary/aromatic N) is 4. The Balaban J connectivity index is 1.62. The van der Waals surface area contributed by atoms with Crippen LogP contribution in [0.1, 0.15) is 35.2 Å². The van der Waals surface area contributed by atoms with E-state index in [0.29, 0.717) is 32.6 Å². The summed E-state index contributed by atoms with van der Waals surface area (Å²) in [6, 6.07) is 1.91. The molecule has 0 bridgehead atoms. The van der Waals surface area contributed by atoms with Gasteiger partial charge in [-0.1, -0.05) is 12.1 Å². The molecule has 1 fully saturated rings. The van der Waals surface area contributed by atoms with Gasteiger partial charge in [0.1, 0.15) is 17.1 Å². The number of Topliss-reactive ketones (excluding diaryl/α,β-unsaturated/α-hetero) is 1. The number of rotatable bonds is 7. The van der Waals surface area contributed by atoms with Crippen molar-refractivity contribution in [1.29, 1.82) is 0 Å². The molecule has 0 saturated carbocycles. The third kappa shape index (κ3) is 4.39. The molecule has 0 atom stereocenters. The van der Waals surface area contributed by atoms with E-state index in [2.05, 4.69) is 15.0 Å². The molecule has 2 aromatic rings. The van der Waals surface area contributed by atoms with E-state index in [9.17, 15) is 14.4 Å². The Morgan fingerprint density at radius 1 is 1.25 bits per heavy atom. The van der Waals surface area contributed by atoms with Crippen LogP contribution >= 0.6 is 0 Å². The maximum atomic E-state index is 12.7. The number of anilines is 1. The number of ketones is 1. The van der Waals surface area contributed by atoms with E-state index in [1.54, 1.807) is 0 Å². The molecule has 2 aromatic heterocycles. The van der Waals surface area contributed by atoms with Crippen LogP contribution in [0.4, 0.5) is 5.82 Å². The van der Waals surface area contributed by atoms with Gasteiger partial charge >= 0.3 is 5.69 Å². The third-order valence-electron chi connectivity index (χ3n) is 4.86. The summed E-state index contributed by atoms with van der Waals surface area (Å²) in [6.07, 6.45) is 0.663. The van der Waals surface area contributed by atoms with Gasteiger partial charge in [0, 0.05) is 45.3 Å². The summed E-state index contributed by atoms with van der Waals surface area (Å²) in [4.78, 5) is 43.2. The third-order valence-corrected chi connectivity index (χ3v) is 4.86. The average molecular weight is 390 g/mol. The second-order valence-corrected chi connectivity index (χ2v) is 7.08. The number of nitrogens with two attached hydrogens (primary N) is 1. The van der Waals surface area contributed by atoms with Crippen molar-refractivity contribution in [3.05, 3.63) is 43.9 Å². The quantitative estimate of drug-likeness (QED) is 0.623. The number of hydrogen-bond acceptors (Lipinski definition) is 8. The van der Waals surface area contributed by atoms with Crippen LogP contribution in [-0.2, 0) is 13.1 Å². The number of aryl methyl sites for hydroxylation is 1. The van der Waals surface area contributed by atoms with Crippen molar-refractivity contribution in [3.8, 4) is 0 Å². The molecule has 10 heteroatoms. The van der Waals surface area contributed by atoms with E-state index in [1.807, 2.05) is 24.8 Å². The van der Waals surface area contributed by atoms with E-state index < -0.39 is 11.2 Å². The molecule has 3 rings (SSSR count). The zero-order valence-electron chi connectivity index (χ0n) is 16.2. The number of nitrogen functional groups attached to an aromatic ring is 1. The molecule has 10 nitrogen and oxygen atoms in total. The monoisotopic (exact) mass is 390 g/mol. The minimum atomic E-state index is -0.722. The van der Waals surface area contributed by atoms with Crippen molar-refractivity contribution in [1.82, 2.24) is 24.5 Å². The molecular weight excluding hydrogens is 364 g/mol. The molecule has 152 valence electrons. The van der Waals surface area contributed by atoms with Gasteiger partial charge < -0.3 is 10.3 Å². The number of hydrogen-bond donors (Lipinski definition) is 2. The first-order chi connectivity index (χ1) is 13.4. The molecule has 0 spiro atoms. The number of aromatic amines is 1. The van der Waals surface area contributed by atoms with Crippen molar-refractivity contribution < 1.29 is 9.32 Å². The van der Waals surface area contributed by atoms with Crippen LogP contribution in [0.5, 0.6) is 0 Å². The van der Waals surface area contributed by atoms with Crippen LogP contribution in [0.15, 0.2) is 20.2 Å². The minimum Gasteiger partial charge on any atom is -0.384 e. The lowest BCUT2D eigenvalue weighted by molar-refractivity contribution is 0.0839. The Hall–Kier alpha value is -2.72. The van der Waals surface area contributed by atoms with Crippen LogP contribution < -0.4 is 17.0 Å². The molecule has 1 saturated heterocycles. The number of H-pyrrole nitrogens is 1. The van der Waals surface area contributed by atoms with Crippen LogP contribution in [0, 0.1) is 6.92 Å². The van der Waals surface area contributed by atoms with E-state index in [-0.39, 0.29) is 23.7 Å². The number of aromatic nitrogens is 3. The Labute approximate surface area is 161 Å². The Morgan fingerprint density at radius 2 is 1.93 bits per heavy atom. The zero-order chi connectivity index (χ0) is 20.3. The molecular formula is C18H26N6O4. The molecule has 0 aliphatic carbocycles. The Kier molecular flexibility index (Phi) is 6.10. The molecule has 3 heterocycles. The molecule has 3 N–H and O–H groups in total. The molecule has 1 aliphatic heterocycles. The van der Waals surface area contributed by atoms with Crippen molar-refractivity contribution in [2.24, 2.45) is 0 Å². The van der Waals surface area contributed by atoms with Crippen molar-refractivity contribution in [2.45, 2.75) is 33.4 Å². The topological polar surface area (TPSA) is 130 Å². The predicted molar refractivity (Wildman–Crippen MR) is 103 cm³/mol. The number of carbonyl (C=O) groups excluding carboxylic acids is 1. The fourth-order valence-electron chi connectivity index (χ4n) is 3.41. The number of carbonyl (C=O) groups is 1. The van der Waals surface area contributed by atoms with Gasteiger partial charge in [-0.3, -0.25) is 28.9 Å². The summed E-state index contributed by atoms with van der Waals surface area (Å²) >= 11 is 0. The summed E-state index contributed by atoms with van der Waals surface area (Å²) in [5, 5.41) is 4.00. The van der Waals surface area contributed by atoms with Gasteiger partial charge in [0.2, 0.25) is 0 Å². The predicted octanol–water partition coefficient (Wildman–Crippen LogP) is -0.174. The lowest BCUT2D eigenvalue weighted by Gasteiger charge is -2.33. The van der Waals surface area contributed by atoms with Gasteiger partial charge in [-0.2, -0.15) is 0 Å². The van der Waals surface area contributed by atoms with Gasteiger partial charge in [0.25, 0.3) is 5.56 Å². The number of piperazine rings is 1. The summed E-state index contributed by atoms with van der Waals surface area (Å²) in [6.45, 7) is 7.82. The average Bonchev–Trinajstić information content (AvgIpc) is 3.05. The molecule has 0 unspecified atom stereocenters. The molecule has 28 heavy (non-hydrogen) atoms. The highest BCUT2D eigenvalue weighted by Gasteiger charge is 2.24. The first kappa shape index (κ1) is 20.0. The Morgan fingerprint density at radius 3 is 2.54 bits per heavy atom. The molecule has 1 aliphatic rings. The fraction of sp³-hybridized carbons (Fsp3) is 0.556. The van der Waals surface area contributed by atoms with Gasteiger partial charge in [0.05, 0.1) is 12.2 Å². The van der Waals surface area contributed by atoms with Crippen molar-refractivity contribution in [2.75, 3.05) is 38.5 Å². The number of nitrogens with one attached hydrogen (secondary N) is 1. The standard InChI is InChI=1S/C18H26N6O4/c1-3-4-24-16(19)15(17(26)20-18(24)27)14(25)11-23-7-5-22(6-8-23)10-13-9-12(2)28-21-13/h9H,3-8,10-11,19H2,1-2H3,(H,20,26,27). The summed E-state index contributed by atoms with van der Waals surface area (Å²) in [5.41, 5.74) is 5.42. The normalized spacial score (nSPS) is 15.8.